The van der Waals surface area contributed by atoms with Gasteiger partial charge in [0, 0.05) is 24.8 Å². The predicted molar refractivity (Wildman–Crippen MR) is 85.2 cm³/mol. The molecule has 1 atom stereocenters. The van der Waals surface area contributed by atoms with Crippen LogP contribution in [0.15, 0.2) is 28.9 Å². The Labute approximate surface area is 134 Å². The van der Waals surface area contributed by atoms with E-state index in [0.29, 0.717) is 13.0 Å². The molecule has 0 saturated carbocycles. The molecular formula is C16H19N3O2S. The number of furan rings is 1. The van der Waals surface area contributed by atoms with Gasteiger partial charge < -0.3 is 9.32 Å². The van der Waals surface area contributed by atoms with E-state index in [4.69, 9.17) is 4.42 Å². The summed E-state index contributed by atoms with van der Waals surface area (Å²) < 4.78 is 5.86. The molecular weight excluding hydrogens is 298 g/mol. The molecule has 1 saturated heterocycles. The maximum Gasteiger partial charge on any atom is 0.225 e. The van der Waals surface area contributed by atoms with Crippen molar-refractivity contribution < 1.29 is 9.21 Å². The molecule has 2 aromatic rings. The number of rotatable bonds is 4. The minimum absolute atomic E-state index is 0.0790. The second-order valence-electron chi connectivity index (χ2n) is 5.30. The topological polar surface area (TPSA) is 59.2 Å². The monoisotopic (exact) mass is 317 g/mol. The van der Waals surface area contributed by atoms with Gasteiger partial charge >= 0.3 is 0 Å². The predicted octanol–water partition coefficient (Wildman–Crippen LogP) is 3.10. The number of hydrogen-bond donors (Lipinski definition) is 0. The minimum atomic E-state index is -0.0790. The average Bonchev–Trinajstić information content (AvgIpc) is 3.00. The number of aryl methyl sites for hydroxylation is 2. The summed E-state index contributed by atoms with van der Waals surface area (Å²) in [6, 6.07) is 3.96. The highest BCUT2D eigenvalue weighted by Crippen LogP contribution is 2.38. The molecule has 0 bridgehead atoms. The summed E-state index contributed by atoms with van der Waals surface area (Å²) >= 11 is 1.74. The lowest BCUT2D eigenvalue weighted by Crippen LogP contribution is -2.36. The summed E-state index contributed by atoms with van der Waals surface area (Å²) in [5, 5.41) is -0.0790. The second-order valence-corrected chi connectivity index (χ2v) is 6.49. The number of thioether (sulfide) groups is 1. The van der Waals surface area contributed by atoms with Crippen LogP contribution in [0.5, 0.6) is 0 Å². The van der Waals surface area contributed by atoms with Crippen molar-refractivity contribution >= 4 is 17.7 Å². The first-order valence-electron chi connectivity index (χ1n) is 7.44. The van der Waals surface area contributed by atoms with E-state index in [1.807, 2.05) is 24.0 Å². The average molecular weight is 317 g/mol. The van der Waals surface area contributed by atoms with Crippen molar-refractivity contribution in [2.75, 3.05) is 5.75 Å². The third-order valence-electron chi connectivity index (χ3n) is 3.64. The Morgan fingerprint density at radius 3 is 2.91 bits per heavy atom. The Balaban J connectivity index is 1.83. The molecule has 5 nitrogen and oxygen atoms in total. The van der Waals surface area contributed by atoms with Crippen LogP contribution in [0, 0.1) is 6.92 Å². The van der Waals surface area contributed by atoms with E-state index in [0.717, 1.165) is 35.1 Å². The van der Waals surface area contributed by atoms with Crippen molar-refractivity contribution in [3.63, 3.8) is 0 Å². The van der Waals surface area contributed by atoms with Crippen LogP contribution in [0.3, 0.4) is 0 Å². The summed E-state index contributed by atoms with van der Waals surface area (Å²) in [5.74, 6) is 2.75. The van der Waals surface area contributed by atoms with Crippen molar-refractivity contribution in [3.8, 4) is 0 Å². The summed E-state index contributed by atoms with van der Waals surface area (Å²) in [6.45, 7) is 4.42. The van der Waals surface area contributed by atoms with Gasteiger partial charge in [0.25, 0.3) is 0 Å². The fourth-order valence-corrected chi connectivity index (χ4v) is 3.60. The highest BCUT2D eigenvalue weighted by molar-refractivity contribution is 7.99. The van der Waals surface area contributed by atoms with Gasteiger partial charge in [-0.25, -0.2) is 0 Å². The van der Waals surface area contributed by atoms with Crippen molar-refractivity contribution in [3.05, 3.63) is 47.4 Å². The van der Waals surface area contributed by atoms with E-state index in [2.05, 4.69) is 16.9 Å². The number of amides is 1. The molecule has 1 aliphatic rings. The normalized spacial score (nSPS) is 18.7. The largest absolute Gasteiger partial charge is 0.463 e. The van der Waals surface area contributed by atoms with Crippen LogP contribution in [-0.2, 0) is 17.8 Å². The molecule has 3 rings (SSSR count). The molecule has 1 amide bonds. The summed E-state index contributed by atoms with van der Waals surface area (Å²) in [7, 11) is 0. The molecule has 0 aromatic carbocycles. The van der Waals surface area contributed by atoms with E-state index in [-0.39, 0.29) is 11.3 Å². The van der Waals surface area contributed by atoms with Gasteiger partial charge in [0.05, 0.1) is 24.1 Å². The Morgan fingerprint density at radius 2 is 2.23 bits per heavy atom. The summed E-state index contributed by atoms with van der Waals surface area (Å²) in [5.41, 5.74) is 1.67. The van der Waals surface area contributed by atoms with Gasteiger partial charge in [-0.15, -0.1) is 11.8 Å². The number of hydrogen-bond acceptors (Lipinski definition) is 5. The van der Waals surface area contributed by atoms with Crippen LogP contribution in [-0.4, -0.2) is 26.5 Å². The summed E-state index contributed by atoms with van der Waals surface area (Å²) in [4.78, 5) is 22.8. The van der Waals surface area contributed by atoms with Gasteiger partial charge in [-0.3, -0.25) is 14.8 Å². The lowest BCUT2D eigenvalue weighted by molar-refractivity contribution is -0.133. The SMILES string of the molecule is CCc1ccc(C2SCCC(=O)N2Cc2cnc(C)cn2)o1. The van der Waals surface area contributed by atoms with Crippen molar-refractivity contribution in [1.29, 1.82) is 0 Å². The van der Waals surface area contributed by atoms with Crippen molar-refractivity contribution in [2.24, 2.45) is 0 Å². The molecule has 0 spiro atoms. The van der Waals surface area contributed by atoms with Gasteiger partial charge in [0.2, 0.25) is 5.91 Å². The van der Waals surface area contributed by atoms with Crippen LogP contribution in [0.4, 0.5) is 0 Å². The fraction of sp³-hybridized carbons (Fsp3) is 0.438. The Kier molecular flexibility index (Phi) is 4.47. The van der Waals surface area contributed by atoms with E-state index < -0.39 is 0 Å². The van der Waals surface area contributed by atoms with Gasteiger partial charge in [-0.2, -0.15) is 0 Å². The van der Waals surface area contributed by atoms with E-state index in [1.165, 1.54) is 0 Å². The molecule has 0 N–H and O–H groups in total. The van der Waals surface area contributed by atoms with Gasteiger partial charge in [-0.05, 0) is 19.1 Å². The van der Waals surface area contributed by atoms with Crippen molar-refractivity contribution in [1.82, 2.24) is 14.9 Å². The maximum absolute atomic E-state index is 12.3. The van der Waals surface area contributed by atoms with Gasteiger partial charge in [0.15, 0.2) is 0 Å². The van der Waals surface area contributed by atoms with E-state index in [1.54, 1.807) is 24.2 Å². The zero-order chi connectivity index (χ0) is 15.5. The Bertz CT molecular complexity index is 654. The third kappa shape index (κ3) is 3.16. The van der Waals surface area contributed by atoms with Crippen LogP contribution in [0.1, 0.15) is 41.6 Å². The quantitative estimate of drug-likeness (QED) is 0.867. The van der Waals surface area contributed by atoms with Crippen molar-refractivity contribution in [2.45, 2.75) is 38.6 Å². The molecule has 0 radical (unpaired) electrons. The first kappa shape index (κ1) is 15.1. The number of carbonyl (C=O) groups is 1. The minimum Gasteiger partial charge on any atom is -0.463 e. The molecule has 3 heterocycles. The Hall–Kier alpha value is -1.82. The highest BCUT2D eigenvalue weighted by Gasteiger charge is 2.32. The zero-order valence-corrected chi connectivity index (χ0v) is 13.6. The zero-order valence-electron chi connectivity index (χ0n) is 12.8. The highest BCUT2D eigenvalue weighted by atomic mass is 32.2. The number of aromatic nitrogens is 2. The number of carbonyl (C=O) groups excluding carboxylic acids is 1. The van der Waals surface area contributed by atoms with Crippen LogP contribution in [0.25, 0.3) is 0 Å². The fourth-order valence-electron chi connectivity index (χ4n) is 2.42. The van der Waals surface area contributed by atoms with E-state index in [9.17, 15) is 4.79 Å². The lowest BCUT2D eigenvalue weighted by Gasteiger charge is -2.33. The molecule has 1 unspecified atom stereocenters. The van der Waals surface area contributed by atoms with E-state index >= 15 is 0 Å². The molecule has 0 aliphatic carbocycles. The molecule has 1 fully saturated rings. The number of nitrogens with zero attached hydrogens (tertiary/aromatic N) is 3. The lowest BCUT2D eigenvalue weighted by atomic mass is 10.3. The van der Waals surface area contributed by atoms with Gasteiger partial charge in [0.1, 0.15) is 16.9 Å². The molecule has 116 valence electrons. The molecule has 22 heavy (non-hydrogen) atoms. The summed E-state index contributed by atoms with van der Waals surface area (Å²) in [6.07, 6.45) is 4.88. The first-order valence-corrected chi connectivity index (χ1v) is 8.49. The molecule has 2 aromatic heterocycles. The third-order valence-corrected chi connectivity index (χ3v) is 4.88. The van der Waals surface area contributed by atoms with Crippen LogP contribution in [0.2, 0.25) is 0 Å². The molecule has 1 aliphatic heterocycles. The smallest absolute Gasteiger partial charge is 0.225 e. The maximum atomic E-state index is 12.3. The van der Waals surface area contributed by atoms with Gasteiger partial charge in [-0.1, -0.05) is 6.92 Å². The standard InChI is InChI=1S/C16H19N3O2S/c1-3-13-4-5-14(21-13)16-19(15(20)6-7-22-16)10-12-9-17-11(2)8-18-12/h4-5,8-9,16H,3,6-7,10H2,1-2H3. The second kappa shape index (κ2) is 6.52. The first-order chi connectivity index (χ1) is 10.7. The van der Waals surface area contributed by atoms with Crippen LogP contribution < -0.4 is 0 Å². The molecule has 6 heteroatoms. The van der Waals surface area contributed by atoms with Crippen LogP contribution >= 0.6 is 11.8 Å². The Morgan fingerprint density at radius 1 is 1.36 bits per heavy atom.